The summed E-state index contributed by atoms with van der Waals surface area (Å²) >= 11 is 0. The van der Waals surface area contributed by atoms with E-state index in [9.17, 15) is 32.1 Å². The third-order valence-corrected chi connectivity index (χ3v) is 6.98. The van der Waals surface area contributed by atoms with Gasteiger partial charge in [0.2, 0.25) is 0 Å². The number of aromatic hydroxyl groups is 1. The smallest absolute Gasteiger partial charge is 0.269 e. The van der Waals surface area contributed by atoms with Crippen molar-refractivity contribution in [3.63, 3.8) is 0 Å². The zero-order valence-corrected chi connectivity index (χ0v) is 18.1. The van der Waals surface area contributed by atoms with Gasteiger partial charge in [-0.2, -0.15) is 0 Å². The Hall–Kier alpha value is -3.84. The van der Waals surface area contributed by atoms with Crippen LogP contribution in [0.1, 0.15) is 0 Å². The number of para-hydroxylation sites is 2. The predicted molar refractivity (Wildman–Crippen MR) is 116 cm³/mol. The number of hydrogen-bond acceptors (Lipinski definition) is 8. The molecule has 0 bridgehead atoms. The number of anilines is 2. The lowest BCUT2D eigenvalue weighted by atomic mass is 10.3. The maximum atomic E-state index is 12.8. The highest BCUT2D eigenvalue weighted by molar-refractivity contribution is 7.93. The van der Waals surface area contributed by atoms with Crippen molar-refractivity contribution < 1.29 is 31.6 Å². The standard InChI is InChI=1S/C19H17N3O8S2/c1-30-19-5-3-2-4-16(19)20-32(28,29)15-10-11-18(23)17(12-15)21-31(26,27)14-8-6-13(7-9-14)22(24)25/h2-12,20-21,23H,1H3. The maximum Gasteiger partial charge on any atom is 0.269 e. The van der Waals surface area contributed by atoms with Gasteiger partial charge in [0.05, 0.1) is 33.2 Å². The van der Waals surface area contributed by atoms with E-state index in [-0.39, 0.29) is 26.9 Å². The first-order chi connectivity index (χ1) is 15.0. The fourth-order valence-corrected chi connectivity index (χ4v) is 4.81. The number of nitrogens with one attached hydrogen (secondary N) is 2. The first kappa shape index (κ1) is 22.8. The number of ether oxygens (including phenoxy) is 1. The van der Waals surface area contributed by atoms with Crippen molar-refractivity contribution in [2.24, 2.45) is 0 Å². The molecule has 3 aromatic rings. The average molecular weight is 479 g/mol. The van der Waals surface area contributed by atoms with Gasteiger partial charge in [0.25, 0.3) is 25.7 Å². The van der Waals surface area contributed by atoms with Crippen molar-refractivity contribution in [3.05, 3.63) is 76.8 Å². The Labute approximate surface area is 183 Å². The molecule has 0 aromatic heterocycles. The molecule has 0 heterocycles. The van der Waals surface area contributed by atoms with E-state index in [1.165, 1.54) is 13.2 Å². The van der Waals surface area contributed by atoms with Crippen molar-refractivity contribution in [3.8, 4) is 11.5 Å². The van der Waals surface area contributed by atoms with Crippen LogP contribution in [0.4, 0.5) is 17.1 Å². The summed E-state index contributed by atoms with van der Waals surface area (Å²) in [5.74, 6) is -0.249. The zero-order chi connectivity index (χ0) is 23.5. The molecule has 0 unspecified atom stereocenters. The number of nitrogens with zero attached hydrogens (tertiary/aromatic N) is 1. The molecule has 3 aromatic carbocycles. The molecule has 3 rings (SSSR count). The van der Waals surface area contributed by atoms with Gasteiger partial charge in [0, 0.05) is 12.1 Å². The maximum absolute atomic E-state index is 12.8. The van der Waals surface area contributed by atoms with Gasteiger partial charge >= 0.3 is 0 Å². The van der Waals surface area contributed by atoms with E-state index in [0.29, 0.717) is 0 Å². The molecule has 0 amide bonds. The Bertz CT molecular complexity index is 1370. The molecule has 0 fully saturated rings. The Morgan fingerprint density at radius 3 is 2.03 bits per heavy atom. The average Bonchev–Trinajstić information content (AvgIpc) is 2.75. The second-order valence-corrected chi connectivity index (χ2v) is 9.71. The summed E-state index contributed by atoms with van der Waals surface area (Å²) in [4.78, 5) is 9.41. The first-order valence-corrected chi connectivity index (χ1v) is 11.8. The Morgan fingerprint density at radius 2 is 1.41 bits per heavy atom. The number of benzene rings is 3. The number of methoxy groups -OCH3 is 1. The molecule has 0 spiro atoms. The van der Waals surface area contributed by atoms with Crippen molar-refractivity contribution in [2.45, 2.75) is 9.79 Å². The molecule has 168 valence electrons. The van der Waals surface area contributed by atoms with E-state index in [1.54, 1.807) is 18.2 Å². The summed E-state index contributed by atoms with van der Waals surface area (Å²) in [6.45, 7) is 0. The number of sulfonamides is 2. The fraction of sp³-hybridized carbons (Fsp3) is 0.0526. The van der Waals surface area contributed by atoms with Crippen LogP contribution in [0.15, 0.2) is 76.5 Å². The number of phenolic OH excluding ortho intramolecular Hbond substituents is 1. The lowest BCUT2D eigenvalue weighted by Gasteiger charge is -2.14. The normalized spacial score (nSPS) is 11.5. The Morgan fingerprint density at radius 1 is 0.844 bits per heavy atom. The van der Waals surface area contributed by atoms with Gasteiger partial charge in [-0.15, -0.1) is 0 Å². The van der Waals surface area contributed by atoms with E-state index in [2.05, 4.69) is 9.44 Å². The van der Waals surface area contributed by atoms with Crippen LogP contribution in [0.5, 0.6) is 11.5 Å². The highest BCUT2D eigenvalue weighted by atomic mass is 32.2. The number of rotatable bonds is 8. The van der Waals surface area contributed by atoms with Crippen molar-refractivity contribution >= 4 is 37.1 Å². The molecule has 0 saturated carbocycles. The second-order valence-electron chi connectivity index (χ2n) is 6.34. The van der Waals surface area contributed by atoms with Crippen LogP contribution in [0.2, 0.25) is 0 Å². The van der Waals surface area contributed by atoms with Crippen LogP contribution < -0.4 is 14.2 Å². The molecule has 0 atom stereocenters. The van der Waals surface area contributed by atoms with E-state index in [4.69, 9.17) is 4.74 Å². The van der Waals surface area contributed by atoms with Gasteiger partial charge in [-0.05, 0) is 42.5 Å². The molecular formula is C19H17N3O8S2. The highest BCUT2D eigenvalue weighted by Crippen LogP contribution is 2.31. The van der Waals surface area contributed by atoms with E-state index >= 15 is 0 Å². The summed E-state index contributed by atoms with van der Waals surface area (Å²) < 4.78 is 60.3. The molecule has 32 heavy (non-hydrogen) atoms. The summed E-state index contributed by atoms with van der Waals surface area (Å²) in [6, 6.07) is 13.4. The minimum absolute atomic E-state index is 0.163. The van der Waals surface area contributed by atoms with E-state index in [0.717, 1.165) is 42.5 Å². The molecular weight excluding hydrogens is 462 g/mol. The van der Waals surface area contributed by atoms with Gasteiger partial charge in [0.1, 0.15) is 11.5 Å². The molecule has 3 N–H and O–H groups in total. The Kier molecular flexibility index (Phi) is 6.23. The van der Waals surface area contributed by atoms with Gasteiger partial charge in [-0.25, -0.2) is 16.8 Å². The van der Waals surface area contributed by atoms with Crippen molar-refractivity contribution in [1.29, 1.82) is 0 Å². The quantitative estimate of drug-likeness (QED) is 0.252. The van der Waals surface area contributed by atoms with Gasteiger partial charge in [-0.3, -0.25) is 19.6 Å². The third-order valence-electron chi connectivity index (χ3n) is 4.23. The number of non-ortho nitro benzene ring substituents is 1. The molecule has 0 aliphatic rings. The minimum atomic E-state index is -4.28. The van der Waals surface area contributed by atoms with Crippen LogP contribution in [0.25, 0.3) is 0 Å². The zero-order valence-electron chi connectivity index (χ0n) is 16.4. The van der Waals surface area contributed by atoms with Crippen LogP contribution in [-0.2, 0) is 20.0 Å². The van der Waals surface area contributed by atoms with Crippen molar-refractivity contribution in [2.75, 3.05) is 16.6 Å². The summed E-state index contributed by atoms with van der Waals surface area (Å²) in [5.41, 5.74) is -0.537. The summed E-state index contributed by atoms with van der Waals surface area (Å²) in [6.07, 6.45) is 0. The van der Waals surface area contributed by atoms with Crippen LogP contribution in [-0.4, -0.2) is 34.0 Å². The number of phenols is 1. The van der Waals surface area contributed by atoms with Gasteiger partial charge in [0.15, 0.2) is 0 Å². The largest absolute Gasteiger partial charge is 0.506 e. The van der Waals surface area contributed by atoms with Crippen LogP contribution >= 0.6 is 0 Å². The fourth-order valence-electron chi connectivity index (χ4n) is 2.65. The molecule has 13 heteroatoms. The molecule has 0 saturated heterocycles. The minimum Gasteiger partial charge on any atom is -0.506 e. The Balaban J connectivity index is 1.92. The van der Waals surface area contributed by atoms with Crippen LogP contribution in [0.3, 0.4) is 0 Å². The molecule has 0 aliphatic heterocycles. The first-order valence-electron chi connectivity index (χ1n) is 8.79. The van der Waals surface area contributed by atoms with E-state index in [1.807, 2.05) is 0 Å². The lowest BCUT2D eigenvalue weighted by molar-refractivity contribution is -0.384. The van der Waals surface area contributed by atoms with Gasteiger partial charge < -0.3 is 9.84 Å². The van der Waals surface area contributed by atoms with E-state index < -0.39 is 36.4 Å². The summed E-state index contributed by atoms with van der Waals surface area (Å²) in [5, 5.41) is 20.8. The van der Waals surface area contributed by atoms with Crippen molar-refractivity contribution in [1.82, 2.24) is 0 Å². The van der Waals surface area contributed by atoms with Crippen LogP contribution in [0, 0.1) is 10.1 Å². The topological polar surface area (TPSA) is 165 Å². The lowest BCUT2D eigenvalue weighted by Crippen LogP contribution is -2.16. The SMILES string of the molecule is COc1ccccc1NS(=O)(=O)c1ccc(O)c(NS(=O)(=O)c2ccc([N+](=O)[O-])cc2)c1. The number of hydrogen-bond donors (Lipinski definition) is 3. The second kappa shape index (κ2) is 8.72. The predicted octanol–water partition coefficient (Wildman–Crippen LogP) is 2.91. The molecule has 11 nitrogen and oxygen atoms in total. The molecule has 0 aliphatic carbocycles. The summed E-state index contributed by atoms with van der Waals surface area (Å²) in [7, 11) is -7.08. The van der Waals surface area contributed by atoms with Gasteiger partial charge in [-0.1, -0.05) is 12.1 Å². The third kappa shape index (κ3) is 4.90. The number of nitro groups is 1. The highest BCUT2D eigenvalue weighted by Gasteiger charge is 2.22. The monoisotopic (exact) mass is 479 g/mol. The number of nitro benzene ring substituents is 1. The molecule has 0 radical (unpaired) electrons.